The number of amides is 1. The molecule has 2 rings (SSSR count). The van der Waals surface area contributed by atoms with Gasteiger partial charge in [-0.25, -0.2) is 4.79 Å². The van der Waals surface area contributed by atoms with Crippen molar-refractivity contribution < 1.29 is 14.3 Å². The molecule has 0 radical (unpaired) electrons. The fraction of sp³-hybridized carbons (Fsp3) is 0.600. The number of ketones is 1. The Hall–Kier alpha value is -1.36. The maximum absolute atomic E-state index is 12.2. The van der Waals surface area contributed by atoms with E-state index >= 15 is 0 Å². The maximum atomic E-state index is 12.2. The number of hydrogen-bond acceptors (Lipinski definition) is 4. The zero-order valence-corrected chi connectivity index (χ0v) is 13.0. The number of rotatable bonds is 2. The number of Topliss-reactive ketones (excluding diaryl/α,β-unsaturated/α-hetero) is 1. The smallest absolute Gasteiger partial charge is 0.410 e. The molecule has 1 amide bonds. The molecule has 2 heterocycles. The van der Waals surface area contributed by atoms with Crippen LogP contribution in [0.1, 0.15) is 43.3 Å². The molecule has 1 aromatic rings. The van der Waals surface area contributed by atoms with Gasteiger partial charge in [-0.3, -0.25) is 4.79 Å². The number of likely N-dealkylation sites (tertiary alicyclic amines) is 1. The molecular formula is C15H21NO3S. The molecule has 0 unspecified atom stereocenters. The minimum Gasteiger partial charge on any atom is -0.444 e. The number of carbonyl (C=O) groups excluding carboxylic acids is 2. The minimum atomic E-state index is -0.472. The summed E-state index contributed by atoms with van der Waals surface area (Å²) in [5.74, 6) is 0.246. The van der Waals surface area contributed by atoms with Crippen molar-refractivity contribution in [1.82, 2.24) is 4.90 Å². The van der Waals surface area contributed by atoms with Gasteiger partial charge in [0, 0.05) is 19.0 Å². The van der Waals surface area contributed by atoms with Crippen molar-refractivity contribution in [3.05, 3.63) is 22.4 Å². The monoisotopic (exact) mass is 295 g/mol. The summed E-state index contributed by atoms with van der Waals surface area (Å²) < 4.78 is 5.35. The molecule has 1 saturated heterocycles. The van der Waals surface area contributed by atoms with E-state index in [9.17, 15) is 9.59 Å². The molecule has 1 fully saturated rings. The fourth-order valence-corrected chi connectivity index (χ4v) is 3.01. The molecule has 1 aliphatic heterocycles. The molecule has 110 valence electrons. The Morgan fingerprint density at radius 2 is 1.95 bits per heavy atom. The highest BCUT2D eigenvalue weighted by Crippen LogP contribution is 2.24. The highest BCUT2D eigenvalue weighted by molar-refractivity contribution is 7.12. The lowest BCUT2D eigenvalue weighted by Crippen LogP contribution is -2.42. The second-order valence-corrected chi connectivity index (χ2v) is 7.03. The van der Waals surface area contributed by atoms with Gasteiger partial charge in [-0.2, -0.15) is 0 Å². The molecule has 4 nitrogen and oxygen atoms in total. The van der Waals surface area contributed by atoms with E-state index in [-0.39, 0.29) is 17.8 Å². The van der Waals surface area contributed by atoms with Crippen LogP contribution in [0.3, 0.4) is 0 Å². The van der Waals surface area contributed by atoms with Crippen molar-refractivity contribution in [2.75, 3.05) is 13.1 Å². The Morgan fingerprint density at radius 1 is 1.30 bits per heavy atom. The van der Waals surface area contributed by atoms with Crippen molar-refractivity contribution >= 4 is 23.2 Å². The highest BCUT2D eigenvalue weighted by atomic mass is 32.1. The summed E-state index contributed by atoms with van der Waals surface area (Å²) in [6, 6.07) is 3.76. The summed E-state index contributed by atoms with van der Waals surface area (Å²) in [6.45, 7) is 6.77. The molecule has 20 heavy (non-hydrogen) atoms. The van der Waals surface area contributed by atoms with Crippen LogP contribution in [0, 0.1) is 5.92 Å². The standard InChI is InChI=1S/C15H21NO3S/c1-15(2,3)19-14(18)16-8-6-11(7-9-16)13(17)12-5-4-10-20-12/h4-5,10-11H,6-9H2,1-3H3. The van der Waals surface area contributed by atoms with Crippen LogP contribution < -0.4 is 0 Å². The van der Waals surface area contributed by atoms with Gasteiger partial charge in [0.05, 0.1) is 4.88 Å². The van der Waals surface area contributed by atoms with Gasteiger partial charge in [-0.15, -0.1) is 11.3 Å². The lowest BCUT2D eigenvalue weighted by atomic mass is 9.92. The van der Waals surface area contributed by atoms with Gasteiger partial charge in [-0.05, 0) is 45.1 Å². The second-order valence-electron chi connectivity index (χ2n) is 6.08. The first-order valence-corrected chi connectivity index (χ1v) is 7.80. The molecule has 0 bridgehead atoms. The van der Waals surface area contributed by atoms with Crippen molar-refractivity contribution in [2.45, 2.75) is 39.2 Å². The van der Waals surface area contributed by atoms with Gasteiger partial charge in [-0.1, -0.05) is 6.07 Å². The number of hydrogen-bond donors (Lipinski definition) is 0. The van der Waals surface area contributed by atoms with E-state index in [0.717, 1.165) is 17.7 Å². The summed E-state index contributed by atoms with van der Waals surface area (Å²) in [4.78, 5) is 26.7. The zero-order valence-electron chi connectivity index (χ0n) is 12.2. The first kappa shape index (κ1) is 15.0. The Morgan fingerprint density at radius 3 is 2.45 bits per heavy atom. The fourth-order valence-electron chi connectivity index (χ4n) is 2.27. The molecule has 5 heteroatoms. The second kappa shape index (κ2) is 5.95. The van der Waals surface area contributed by atoms with E-state index in [4.69, 9.17) is 4.74 Å². The first-order valence-electron chi connectivity index (χ1n) is 6.92. The summed E-state index contributed by atoms with van der Waals surface area (Å²) in [7, 11) is 0. The van der Waals surface area contributed by atoms with E-state index in [0.29, 0.717) is 13.1 Å². The average Bonchev–Trinajstić information content (AvgIpc) is 2.90. The molecule has 0 spiro atoms. The van der Waals surface area contributed by atoms with E-state index in [1.165, 1.54) is 11.3 Å². The molecule has 1 aromatic heterocycles. The summed E-state index contributed by atoms with van der Waals surface area (Å²) in [5, 5.41) is 1.92. The number of nitrogens with zero attached hydrogens (tertiary/aromatic N) is 1. The average molecular weight is 295 g/mol. The topological polar surface area (TPSA) is 46.6 Å². The van der Waals surface area contributed by atoms with Crippen molar-refractivity contribution in [2.24, 2.45) is 5.92 Å². The molecule has 0 aromatic carbocycles. The Balaban J connectivity index is 1.86. The number of ether oxygens (including phenoxy) is 1. The summed E-state index contributed by atoms with van der Waals surface area (Å²) in [6.07, 6.45) is 1.16. The van der Waals surface area contributed by atoms with Crippen molar-refractivity contribution in [3.63, 3.8) is 0 Å². The van der Waals surface area contributed by atoms with Crippen LogP contribution in [0.4, 0.5) is 4.79 Å². The van der Waals surface area contributed by atoms with Gasteiger partial charge < -0.3 is 9.64 Å². The van der Waals surface area contributed by atoms with Crippen LogP contribution in [0.2, 0.25) is 0 Å². The van der Waals surface area contributed by atoms with Gasteiger partial charge in [0.15, 0.2) is 5.78 Å². The molecule has 0 atom stereocenters. The Bertz CT molecular complexity index is 468. The maximum Gasteiger partial charge on any atom is 0.410 e. The SMILES string of the molecule is CC(C)(C)OC(=O)N1CCC(C(=O)c2cccs2)CC1. The lowest BCUT2D eigenvalue weighted by molar-refractivity contribution is 0.0182. The molecule has 0 N–H and O–H groups in total. The molecule has 0 saturated carbocycles. The third kappa shape index (κ3) is 3.82. The van der Waals surface area contributed by atoms with Crippen LogP contribution >= 0.6 is 11.3 Å². The highest BCUT2D eigenvalue weighted by Gasteiger charge is 2.30. The minimum absolute atomic E-state index is 0.0346. The first-order chi connectivity index (χ1) is 9.37. The Labute approximate surface area is 123 Å². The quantitative estimate of drug-likeness (QED) is 0.783. The van der Waals surface area contributed by atoms with E-state index in [2.05, 4.69) is 0 Å². The van der Waals surface area contributed by atoms with E-state index in [1.807, 2.05) is 38.3 Å². The van der Waals surface area contributed by atoms with Crippen LogP contribution in [-0.4, -0.2) is 35.5 Å². The summed E-state index contributed by atoms with van der Waals surface area (Å²) >= 11 is 1.48. The van der Waals surface area contributed by atoms with Gasteiger partial charge in [0.1, 0.15) is 5.60 Å². The van der Waals surface area contributed by atoms with Crippen LogP contribution in [-0.2, 0) is 4.74 Å². The van der Waals surface area contributed by atoms with Crippen LogP contribution in [0.5, 0.6) is 0 Å². The molecular weight excluding hydrogens is 274 g/mol. The third-order valence-electron chi connectivity index (χ3n) is 3.28. The predicted octanol–water partition coefficient (Wildman–Crippen LogP) is 3.58. The largest absolute Gasteiger partial charge is 0.444 e. The van der Waals surface area contributed by atoms with E-state index < -0.39 is 5.60 Å². The van der Waals surface area contributed by atoms with Crippen LogP contribution in [0.15, 0.2) is 17.5 Å². The number of piperidine rings is 1. The number of thiophene rings is 1. The molecule has 1 aliphatic rings. The third-order valence-corrected chi connectivity index (χ3v) is 4.17. The van der Waals surface area contributed by atoms with Crippen molar-refractivity contribution in [1.29, 1.82) is 0 Å². The summed E-state index contributed by atoms with van der Waals surface area (Å²) in [5.41, 5.74) is -0.472. The van der Waals surface area contributed by atoms with Crippen molar-refractivity contribution in [3.8, 4) is 0 Å². The van der Waals surface area contributed by atoms with E-state index in [1.54, 1.807) is 4.90 Å². The van der Waals surface area contributed by atoms with Gasteiger partial charge in [0.25, 0.3) is 0 Å². The predicted molar refractivity (Wildman–Crippen MR) is 79.2 cm³/mol. The number of carbonyl (C=O) groups is 2. The molecule has 0 aliphatic carbocycles. The van der Waals surface area contributed by atoms with Gasteiger partial charge >= 0.3 is 6.09 Å². The zero-order chi connectivity index (χ0) is 14.8. The normalized spacial score (nSPS) is 17.1. The van der Waals surface area contributed by atoms with Crippen LogP contribution in [0.25, 0.3) is 0 Å². The lowest BCUT2D eigenvalue weighted by Gasteiger charge is -2.32. The van der Waals surface area contributed by atoms with Gasteiger partial charge in [0.2, 0.25) is 0 Å². The Kier molecular flexibility index (Phi) is 4.48.